The molecule has 8 heteroatoms. The van der Waals surface area contributed by atoms with Crippen molar-refractivity contribution in [2.45, 2.75) is 71.1 Å². The Kier molecular flexibility index (Phi) is 6.72. The number of amides is 2. The van der Waals surface area contributed by atoms with Crippen molar-refractivity contribution >= 4 is 18.2 Å². The van der Waals surface area contributed by atoms with Gasteiger partial charge in [0, 0.05) is 32.5 Å². The van der Waals surface area contributed by atoms with Gasteiger partial charge in [-0.2, -0.15) is 0 Å². The quantitative estimate of drug-likeness (QED) is 0.561. The summed E-state index contributed by atoms with van der Waals surface area (Å²) in [7, 11) is 0. The normalized spacial score (nSPS) is 21.5. The van der Waals surface area contributed by atoms with Crippen molar-refractivity contribution in [1.82, 2.24) is 9.80 Å². The van der Waals surface area contributed by atoms with E-state index in [-0.39, 0.29) is 18.2 Å². The van der Waals surface area contributed by atoms with Gasteiger partial charge in [-0.15, -0.1) is 0 Å². The Morgan fingerprint density at radius 1 is 1.00 bits per heavy atom. The summed E-state index contributed by atoms with van der Waals surface area (Å²) in [6.07, 6.45) is 1.43. The summed E-state index contributed by atoms with van der Waals surface area (Å²) in [6.45, 7) is 8.99. The first kappa shape index (κ1) is 20.3. The molecule has 148 valence electrons. The first-order valence-electron chi connectivity index (χ1n) is 9.33. The van der Waals surface area contributed by atoms with Gasteiger partial charge in [0.15, 0.2) is 0 Å². The van der Waals surface area contributed by atoms with E-state index in [1.165, 1.54) is 4.90 Å². The molecule has 1 atom stereocenters. The van der Waals surface area contributed by atoms with Crippen molar-refractivity contribution in [1.29, 1.82) is 0 Å². The van der Waals surface area contributed by atoms with Crippen LogP contribution in [0.4, 0.5) is 9.59 Å². The third-order valence-electron chi connectivity index (χ3n) is 4.40. The molecule has 2 rings (SSSR count). The summed E-state index contributed by atoms with van der Waals surface area (Å²) in [6, 6.07) is -0.590. The average molecular weight is 370 g/mol. The molecule has 26 heavy (non-hydrogen) atoms. The Balaban J connectivity index is 1.84. The Morgan fingerprint density at radius 3 is 2.23 bits per heavy atom. The fraction of sp³-hybridized carbons (Fsp3) is 0.833. The van der Waals surface area contributed by atoms with Crippen molar-refractivity contribution < 1.29 is 28.6 Å². The molecule has 0 unspecified atom stereocenters. The minimum atomic E-state index is -0.603. The molecule has 0 bridgehead atoms. The van der Waals surface area contributed by atoms with Gasteiger partial charge in [-0.25, -0.2) is 14.4 Å². The van der Waals surface area contributed by atoms with E-state index in [1.807, 2.05) is 0 Å². The summed E-state index contributed by atoms with van der Waals surface area (Å²) in [5.41, 5.74) is -0.603. The fourth-order valence-electron chi connectivity index (χ4n) is 3.16. The minimum Gasteiger partial charge on any atom is -0.461 e. The zero-order valence-electron chi connectivity index (χ0n) is 16.2. The van der Waals surface area contributed by atoms with Crippen molar-refractivity contribution in [2.75, 3.05) is 26.2 Å². The summed E-state index contributed by atoms with van der Waals surface area (Å²) in [5.74, 6) is -0.386. The second kappa shape index (κ2) is 8.60. The number of likely N-dealkylation sites (tertiary alicyclic amines) is 2. The molecule has 8 nitrogen and oxygen atoms in total. The number of esters is 1. The number of piperidine rings is 1. The van der Waals surface area contributed by atoms with Crippen LogP contribution in [0.2, 0.25) is 0 Å². The molecule has 2 aliphatic rings. The summed E-state index contributed by atoms with van der Waals surface area (Å²) < 4.78 is 16.0. The maximum atomic E-state index is 12.5. The number of carbonyl (C=O) groups excluding carboxylic acids is 3. The lowest BCUT2D eigenvalue weighted by Crippen LogP contribution is -2.46. The van der Waals surface area contributed by atoms with E-state index in [4.69, 9.17) is 14.2 Å². The van der Waals surface area contributed by atoms with Gasteiger partial charge in [0.25, 0.3) is 0 Å². The third kappa shape index (κ3) is 5.51. The van der Waals surface area contributed by atoms with Gasteiger partial charge in [-0.1, -0.05) is 0 Å². The molecule has 0 aromatic heterocycles. The number of rotatable bonds is 3. The molecule has 2 heterocycles. The van der Waals surface area contributed by atoms with Crippen LogP contribution in [-0.4, -0.2) is 71.9 Å². The Labute approximate surface area is 154 Å². The van der Waals surface area contributed by atoms with Gasteiger partial charge in [0.1, 0.15) is 17.7 Å². The maximum absolute atomic E-state index is 12.5. The SMILES string of the molecule is CCOC(=O)N1CCC(OC(=O)[C@@H]2CCCN2C(=O)OC(C)(C)C)CC1. The molecule has 0 spiro atoms. The molecule has 2 amide bonds. The molecule has 0 aliphatic carbocycles. The lowest BCUT2D eigenvalue weighted by molar-refractivity contribution is -0.156. The van der Waals surface area contributed by atoms with E-state index in [0.29, 0.717) is 45.5 Å². The molecular weight excluding hydrogens is 340 g/mol. The van der Waals surface area contributed by atoms with Gasteiger partial charge in [0.05, 0.1) is 6.61 Å². The molecule has 0 aromatic rings. The highest BCUT2D eigenvalue weighted by Crippen LogP contribution is 2.24. The predicted molar refractivity (Wildman–Crippen MR) is 93.7 cm³/mol. The first-order valence-corrected chi connectivity index (χ1v) is 9.33. The largest absolute Gasteiger partial charge is 0.461 e. The highest BCUT2D eigenvalue weighted by Gasteiger charge is 2.39. The second-order valence-electron chi connectivity index (χ2n) is 7.65. The summed E-state index contributed by atoms with van der Waals surface area (Å²) in [5, 5.41) is 0. The predicted octanol–water partition coefficient (Wildman–Crippen LogP) is 2.55. The van der Waals surface area contributed by atoms with E-state index in [0.717, 1.165) is 6.42 Å². The van der Waals surface area contributed by atoms with Crippen molar-refractivity contribution in [3.05, 3.63) is 0 Å². The van der Waals surface area contributed by atoms with Gasteiger partial charge < -0.3 is 19.1 Å². The number of hydrogen-bond acceptors (Lipinski definition) is 6. The van der Waals surface area contributed by atoms with E-state index >= 15 is 0 Å². The van der Waals surface area contributed by atoms with E-state index in [1.54, 1.807) is 32.6 Å². The van der Waals surface area contributed by atoms with Crippen molar-refractivity contribution in [2.24, 2.45) is 0 Å². The van der Waals surface area contributed by atoms with Gasteiger partial charge >= 0.3 is 18.2 Å². The molecule has 0 saturated carbocycles. The molecule has 0 N–H and O–H groups in total. The van der Waals surface area contributed by atoms with Crippen LogP contribution < -0.4 is 0 Å². The number of ether oxygens (including phenoxy) is 3. The van der Waals surface area contributed by atoms with E-state index in [2.05, 4.69) is 0 Å². The first-order chi connectivity index (χ1) is 12.2. The van der Waals surface area contributed by atoms with Crippen LogP contribution in [0.1, 0.15) is 53.4 Å². The van der Waals surface area contributed by atoms with Crippen LogP contribution in [-0.2, 0) is 19.0 Å². The van der Waals surface area contributed by atoms with E-state index in [9.17, 15) is 14.4 Å². The number of carbonyl (C=O) groups is 3. The number of nitrogens with zero attached hydrogens (tertiary/aromatic N) is 2. The highest BCUT2D eigenvalue weighted by atomic mass is 16.6. The summed E-state index contributed by atoms with van der Waals surface area (Å²) in [4.78, 5) is 39.6. The third-order valence-corrected chi connectivity index (χ3v) is 4.40. The van der Waals surface area contributed by atoms with Crippen LogP contribution in [0.3, 0.4) is 0 Å². The van der Waals surface area contributed by atoms with Crippen LogP contribution in [0.15, 0.2) is 0 Å². The Morgan fingerprint density at radius 2 is 1.65 bits per heavy atom. The maximum Gasteiger partial charge on any atom is 0.411 e. The van der Waals surface area contributed by atoms with Crippen LogP contribution in [0, 0.1) is 0 Å². The van der Waals surface area contributed by atoms with Crippen molar-refractivity contribution in [3.8, 4) is 0 Å². The zero-order chi connectivity index (χ0) is 19.3. The molecule has 0 aromatic carbocycles. The monoisotopic (exact) mass is 370 g/mol. The fourth-order valence-corrected chi connectivity index (χ4v) is 3.16. The molecule has 0 radical (unpaired) electrons. The zero-order valence-corrected chi connectivity index (χ0v) is 16.2. The Hall–Kier alpha value is -1.99. The topological polar surface area (TPSA) is 85.4 Å². The molecule has 2 aliphatic heterocycles. The molecule has 2 saturated heterocycles. The lowest BCUT2D eigenvalue weighted by Gasteiger charge is -2.32. The van der Waals surface area contributed by atoms with Crippen molar-refractivity contribution in [3.63, 3.8) is 0 Å². The number of hydrogen-bond donors (Lipinski definition) is 0. The average Bonchev–Trinajstić information content (AvgIpc) is 3.04. The van der Waals surface area contributed by atoms with E-state index < -0.39 is 17.7 Å². The smallest absolute Gasteiger partial charge is 0.411 e. The standard InChI is InChI=1S/C18H30N2O6/c1-5-24-16(22)19-11-8-13(9-12-19)25-15(21)14-7-6-10-20(14)17(23)26-18(2,3)4/h13-14H,5-12H2,1-4H3/t14-/m0/s1. The van der Waals surface area contributed by atoms with Crippen LogP contribution in [0.5, 0.6) is 0 Å². The van der Waals surface area contributed by atoms with Crippen LogP contribution in [0.25, 0.3) is 0 Å². The van der Waals surface area contributed by atoms with Gasteiger partial charge in [-0.3, -0.25) is 4.90 Å². The molecule has 2 fully saturated rings. The van der Waals surface area contributed by atoms with Gasteiger partial charge in [0.2, 0.25) is 0 Å². The minimum absolute atomic E-state index is 0.241. The molecular formula is C18H30N2O6. The highest BCUT2D eigenvalue weighted by molar-refractivity contribution is 5.82. The second-order valence-corrected chi connectivity index (χ2v) is 7.65. The lowest BCUT2D eigenvalue weighted by atomic mass is 10.1. The van der Waals surface area contributed by atoms with Gasteiger partial charge in [-0.05, 0) is 40.5 Å². The summed E-state index contributed by atoms with van der Waals surface area (Å²) >= 11 is 0. The van der Waals surface area contributed by atoms with Crippen LogP contribution >= 0.6 is 0 Å². The Bertz CT molecular complexity index is 522.